The molecule has 2 fully saturated rings. The molecule has 6 nitrogen and oxygen atoms in total. The lowest BCUT2D eigenvalue weighted by atomic mass is 10.1. The molecule has 5 rings (SSSR count). The van der Waals surface area contributed by atoms with Crippen molar-refractivity contribution in [2.75, 3.05) is 26.2 Å². The Morgan fingerprint density at radius 1 is 0.909 bits per heavy atom. The fourth-order valence-electron chi connectivity index (χ4n) is 4.80. The Hall–Kier alpha value is -3.12. The first-order valence-corrected chi connectivity index (χ1v) is 12.1. The number of rotatable bonds is 6. The van der Waals surface area contributed by atoms with Crippen LogP contribution in [-0.4, -0.2) is 57.8 Å². The average molecular weight is 445 g/mol. The molecule has 2 saturated heterocycles. The Morgan fingerprint density at radius 3 is 2.42 bits per heavy atom. The van der Waals surface area contributed by atoms with Crippen molar-refractivity contribution in [3.05, 3.63) is 78.1 Å². The second-order valence-corrected chi connectivity index (χ2v) is 9.07. The molecule has 0 aliphatic carbocycles. The number of hydrogen-bond acceptors (Lipinski definition) is 4. The summed E-state index contributed by atoms with van der Waals surface area (Å²) in [6.45, 7) is 4.55. The molecule has 3 heterocycles. The molecule has 2 aliphatic heterocycles. The van der Waals surface area contributed by atoms with Gasteiger partial charge < -0.3 is 9.64 Å². The summed E-state index contributed by atoms with van der Waals surface area (Å²) in [6, 6.07) is 17.9. The van der Waals surface area contributed by atoms with Crippen molar-refractivity contribution in [3.63, 3.8) is 0 Å². The van der Waals surface area contributed by atoms with E-state index in [9.17, 15) is 4.79 Å². The number of carbonyl (C=O) groups is 1. The van der Waals surface area contributed by atoms with Crippen LogP contribution in [0.3, 0.4) is 0 Å². The van der Waals surface area contributed by atoms with E-state index in [-0.39, 0.29) is 12.0 Å². The van der Waals surface area contributed by atoms with Gasteiger partial charge in [0, 0.05) is 44.5 Å². The molecule has 0 atom stereocenters. The molecule has 0 bridgehead atoms. The van der Waals surface area contributed by atoms with Gasteiger partial charge >= 0.3 is 0 Å². The predicted molar refractivity (Wildman–Crippen MR) is 129 cm³/mol. The zero-order chi connectivity index (χ0) is 22.5. The molecule has 6 heteroatoms. The maximum absolute atomic E-state index is 13.1. The monoisotopic (exact) mass is 444 g/mol. The van der Waals surface area contributed by atoms with Crippen LogP contribution in [0.4, 0.5) is 0 Å². The highest BCUT2D eigenvalue weighted by Gasteiger charge is 2.25. The van der Waals surface area contributed by atoms with E-state index in [0.29, 0.717) is 5.56 Å². The Balaban J connectivity index is 1.16. The summed E-state index contributed by atoms with van der Waals surface area (Å²) in [5.74, 6) is 0.842. The molecule has 0 radical (unpaired) electrons. The van der Waals surface area contributed by atoms with Crippen molar-refractivity contribution in [1.82, 2.24) is 19.6 Å². The number of likely N-dealkylation sites (tertiary alicyclic amines) is 2. The third kappa shape index (κ3) is 5.28. The molecule has 0 saturated carbocycles. The van der Waals surface area contributed by atoms with E-state index in [1.165, 1.54) is 12.0 Å². The molecule has 172 valence electrons. The third-order valence-corrected chi connectivity index (χ3v) is 6.65. The van der Waals surface area contributed by atoms with E-state index >= 15 is 0 Å². The number of aromatic nitrogens is 2. The highest BCUT2D eigenvalue weighted by atomic mass is 16.5. The van der Waals surface area contributed by atoms with Gasteiger partial charge in [0.25, 0.3) is 5.91 Å². The van der Waals surface area contributed by atoms with Crippen molar-refractivity contribution >= 4 is 5.91 Å². The van der Waals surface area contributed by atoms with Gasteiger partial charge in [0.05, 0.1) is 17.4 Å². The molecule has 2 aliphatic rings. The topological polar surface area (TPSA) is 50.6 Å². The summed E-state index contributed by atoms with van der Waals surface area (Å²) >= 11 is 0. The van der Waals surface area contributed by atoms with E-state index in [1.807, 2.05) is 58.2 Å². The number of hydrogen-bond donors (Lipinski definition) is 0. The van der Waals surface area contributed by atoms with Crippen LogP contribution < -0.4 is 4.74 Å². The number of amides is 1. The zero-order valence-electron chi connectivity index (χ0n) is 19.1. The normalized spacial score (nSPS) is 17.8. The summed E-state index contributed by atoms with van der Waals surface area (Å²) in [5, 5.41) is 4.52. The zero-order valence-corrected chi connectivity index (χ0v) is 19.1. The smallest absolute Gasteiger partial charge is 0.257 e. The molecule has 3 aromatic rings. The average Bonchev–Trinajstić information content (AvgIpc) is 3.35. The van der Waals surface area contributed by atoms with Crippen LogP contribution in [0.2, 0.25) is 0 Å². The fraction of sp³-hybridized carbons (Fsp3) is 0.407. The van der Waals surface area contributed by atoms with E-state index in [0.717, 1.165) is 69.8 Å². The van der Waals surface area contributed by atoms with Gasteiger partial charge in [-0.15, -0.1) is 0 Å². The van der Waals surface area contributed by atoms with Gasteiger partial charge in [0.2, 0.25) is 0 Å². The number of benzene rings is 2. The number of nitrogens with zero attached hydrogens (tertiary/aromatic N) is 4. The van der Waals surface area contributed by atoms with Crippen LogP contribution in [-0.2, 0) is 6.54 Å². The highest BCUT2D eigenvalue weighted by Crippen LogP contribution is 2.26. The van der Waals surface area contributed by atoms with Gasteiger partial charge in [0.1, 0.15) is 11.9 Å². The number of carbonyl (C=O) groups excluding carboxylic acids is 1. The van der Waals surface area contributed by atoms with Crippen molar-refractivity contribution < 1.29 is 9.53 Å². The molecular weight excluding hydrogens is 412 g/mol. The molecule has 2 aromatic carbocycles. The lowest BCUT2D eigenvalue weighted by Gasteiger charge is -2.32. The number of ether oxygens (including phenoxy) is 1. The Morgan fingerprint density at radius 2 is 1.64 bits per heavy atom. The SMILES string of the molecule is O=C(c1ccccc1OC1CCN(Cc2cnn(-c3ccccc3)c2)CC1)N1CCCCC1. The van der Waals surface area contributed by atoms with E-state index < -0.39 is 0 Å². The third-order valence-electron chi connectivity index (χ3n) is 6.65. The van der Waals surface area contributed by atoms with Crippen LogP contribution >= 0.6 is 0 Å². The summed E-state index contributed by atoms with van der Waals surface area (Å²) in [4.78, 5) is 17.5. The Bertz CT molecular complexity index is 1050. The van der Waals surface area contributed by atoms with Gasteiger partial charge in [-0.3, -0.25) is 9.69 Å². The van der Waals surface area contributed by atoms with Crippen molar-refractivity contribution in [1.29, 1.82) is 0 Å². The van der Waals surface area contributed by atoms with Gasteiger partial charge in [-0.05, 0) is 56.4 Å². The first-order valence-electron chi connectivity index (χ1n) is 12.1. The van der Waals surface area contributed by atoms with E-state index in [1.54, 1.807) is 0 Å². The van der Waals surface area contributed by atoms with E-state index in [2.05, 4.69) is 28.3 Å². The van der Waals surface area contributed by atoms with Crippen LogP contribution in [0.1, 0.15) is 48.0 Å². The number of para-hydroxylation sites is 2. The Labute approximate surface area is 195 Å². The van der Waals surface area contributed by atoms with Crippen LogP contribution in [0.5, 0.6) is 5.75 Å². The summed E-state index contributed by atoms with van der Waals surface area (Å²) in [5.41, 5.74) is 3.00. The first kappa shape index (κ1) is 21.7. The molecule has 0 spiro atoms. The molecule has 1 amide bonds. The molecule has 33 heavy (non-hydrogen) atoms. The second-order valence-electron chi connectivity index (χ2n) is 9.07. The lowest BCUT2D eigenvalue weighted by molar-refractivity contribution is 0.0702. The maximum Gasteiger partial charge on any atom is 0.257 e. The Kier molecular flexibility index (Phi) is 6.72. The molecule has 0 N–H and O–H groups in total. The minimum Gasteiger partial charge on any atom is -0.489 e. The fourth-order valence-corrected chi connectivity index (χ4v) is 4.80. The number of piperidine rings is 2. The quantitative estimate of drug-likeness (QED) is 0.560. The maximum atomic E-state index is 13.1. The summed E-state index contributed by atoms with van der Waals surface area (Å²) in [6.07, 6.45) is 9.53. The van der Waals surface area contributed by atoms with Crippen molar-refractivity contribution in [2.45, 2.75) is 44.8 Å². The highest BCUT2D eigenvalue weighted by molar-refractivity contribution is 5.97. The second kappa shape index (κ2) is 10.2. The standard InChI is InChI=1S/C27H32N4O2/c32-27(30-15-7-2-8-16-30)25-11-5-6-12-26(25)33-24-13-17-29(18-14-24)20-22-19-28-31(21-22)23-9-3-1-4-10-23/h1,3-6,9-12,19,21,24H,2,7-8,13-18,20H2. The lowest BCUT2D eigenvalue weighted by Crippen LogP contribution is -2.38. The first-order chi connectivity index (χ1) is 16.3. The van der Waals surface area contributed by atoms with E-state index in [4.69, 9.17) is 4.74 Å². The molecule has 0 unspecified atom stereocenters. The summed E-state index contributed by atoms with van der Waals surface area (Å²) in [7, 11) is 0. The summed E-state index contributed by atoms with van der Waals surface area (Å²) < 4.78 is 8.30. The predicted octanol–water partition coefficient (Wildman–Crippen LogP) is 4.54. The van der Waals surface area contributed by atoms with Crippen LogP contribution in [0.25, 0.3) is 5.69 Å². The minimum absolute atomic E-state index is 0.109. The van der Waals surface area contributed by atoms with Crippen molar-refractivity contribution in [3.8, 4) is 11.4 Å². The largest absolute Gasteiger partial charge is 0.489 e. The van der Waals surface area contributed by atoms with Crippen LogP contribution in [0, 0.1) is 0 Å². The van der Waals surface area contributed by atoms with Gasteiger partial charge in [-0.2, -0.15) is 5.10 Å². The molecule has 1 aromatic heterocycles. The van der Waals surface area contributed by atoms with Gasteiger partial charge in [0.15, 0.2) is 0 Å². The van der Waals surface area contributed by atoms with Gasteiger partial charge in [-0.1, -0.05) is 30.3 Å². The minimum atomic E-state index is 0.109. The van der Waals surface area contributed by atoms with Crippen molar-refractivity contribution in [2.24, 2.45) is 0 Å². The van der Waals surface area contributed by atoms with Crippen LogP contribution in [0.15, 0.2) is 67.0 Å². The van der Waals surface area contributed by atoms with Gasteiger partial charge in [-0.25, -0.2) is 4.68 Å². The molecular formula is C27H32N4O2.